The van der Waals surface area contributed by atoms with E-state index in [-0.39, 0.29) is 5.56 Å². The van der Waals surface area contributed by atoms with Crippen molar-refractivity contribution in [1.29, 1.82) is 0 Å². The first kappa shape index (κ1) is 20.4. The molecule has 8 nitrogen and oxygen atoms in total. The first-order valence-corrected chi connectivity index (χ1v) is 10.4. The largest absolute Gasteiger partial charge is 0.495 e. The Labute approximate surface area is 188 Å². The van der Waals surface area contributed by atoms with Crippen molar-refractivity contribution in [3.05, 3.63) is 63.7 Å². The summed E-state index contributed by atoms with van der Waals surface area (Å²) < 4.78 is 13.9. The Hall–Kier alpha value is -3.49. The number of aryl methyl sites for hydroxylation is 1. The fourth-order valence-electron chi connectivity index (χ4n) is 3.92. The Morgan fingerprint density at radius 3 is 2.44 bits per heavy atom. The van der Waals surface area contributed by atoms with Crippen LogP contribution in [0.15, 0.2) is 47.3 Å². The molecule has 162 valence electrons. The molecule has 0 bridgehead atoms. The number of halogens is 1. The maximum Gasteiger partial charge on any atom is 0.265 e. The minimum absolute atomic E-state index is 0.183. The van der Waals surface area contributed by atoms with E-state index in [0.29, 0.717) is 63.1 Å². The molecule has 0 saturated heterocycles. The molecule has 3 aromatic heterocycles. The number of methoxy groups -OCH3 is 2. The predicted octanol–water partition coefficient (Wildman–Crippen LogP) is 3.90. The normalized spacial score (nSPS) is 11.6. The van der Waals surface area contributed by atoms with E-state index >= 15 is 0 Å². The van der Waals surface area contributed by atoms with E-state index in [0.717, 1.165) is 5.52 Å². The van der Waals surface area contributed by atoms with Crippen molar-refractivity contribution in [1.82, 2.24) is 24.1 Å². The molecule has 2 aromatic carbocycles. The van der Waals surface area contributed by atoms with Crippen LogP contribution in [0.5, 0.6) is 5.75 Å². The smallest absolute Gasteiger partial charge is 0.265 e. The highest BCUT2D eigenvalue weighted by atomic mass is 35.5. The highest BCUT2D eigenvalue weighted by Crippen LogP contribution is 2.32. The monoisotopic (exact) mass is 449 g/mol. The second-order valence-electron chi connectivity index (χ2n) is 7.35. The molecule has 0 aliphatic heterocycles. The number of ether oxygens (including phenoxy) is 2. The van der Waals surface area contributed by atoms with Crippen molar-refractivity contribution in [2.75, 3.05) is 20.8 Å². The summed E-state index contributed by atoms with van der Waals surface area (Å²) in [6.45, 7) is 2.60. The van der Waals surface area contributed by atoms with Crippen molar-refractivity contribution < 1.29 is 9.47 Å². The first-order chi connectivity index (χ1) is 15.5. The molecule has 0 aliphatic carbocycles. The van der Waals surface area contributed by atoms with Crippen LogP contribution in [-0.4, -0.2) is 44.9 Å². The summed E-state index contributed by atoms with van der Waals surface area (Å²) in [7, 11) is 3.16. The first-order valence-electron chi connectivity index (χ1n) is 10.0. The SMILES string of the molecule is COCCn1c(C)nc2c(c1=O)c1nc3ccccc3nc1n2-c1ccc(OC)c(Cl)c1. The Bertz CT molecular complexity index is 1560. The molecule has 0 N–H and O–H groups in total. The number of aromatic nitrogens is 5. The van der Waals surface area contributed by atoms with E-state index in [1.165, 1.54) is 0 Å². The zero-order valence-corrected chi connectivity index (χ0v) is 18.6. The van der Waals surface area contributed by atoms with Crippen LogP contribution in [-0.2, 0) is 11.3 Å². The molecule has 0 aliphatic rings. The Morgan fingerprint density at radius 2 is 1.75 bits per heavy atom. The zero-order valence-electron chi connectivity index (χ0n) is 17.8. The molecule has 5 rings (SSSR count). The summed E-state index contributed by atoms with van der Waals surface area (Å²) in [5.41, 5.74) is 3.46. The third kappa shape index (κ3) is 3.11. The second-order valence-corrected chi connectivity index (χ2v) is 7.75. The molecular formula is C23H20ClN5O3. The van der Waals surface area contributed by atoms with E-state index in [1.807, 2.05) is 34.9 Å². The predicted molar refractivity (Wildman–Crippen MR) is 124 cm³/mol. The highest BCUT2D eigenvalue weighted by molar-refractivity contribution is 6.32. The summed E-state index contributed by atoms with van der Waals surface area (Å²) in [6.07, 6.45) is 0. The highest BCUT2D eigenvalue weighted by Gasteiger charge is 2.22. The van der Waals surface area contributed by atoms with E-state index < -0.39 is 0 Å². The fraction of sp³-hybridized carbons (Fsp3) is 0.217. The van der Waals surface area contributed by atoms with Crippen molar-refractivity contribution in [3.8, 4) is 11.4 Å². The van der Waals surface area contributed by atoms with Gasteiger partial charge in [0, 0.05) is 7.11 Å². The standard InChI is InChI=1S/C23H20ClN5O3/c1-13-25-21-19(23(30)28(13)10-11-31-2)20-22(27-17-7-5-4-6-16(17)26-20)29(21)14-8-9-18(32-3)15(24)12-14/h4-9,12H,10-11H2,1-3H3. The average Bonchev–Trinajstić information content (AvgIpc) is 3.10. The Kier molecular flexibility index (Phi) is 5.03. The van der Waals surface area contributed by atoms with Crippen LogP contribution in [0.4, 0.5) is 0 Å². The van der Waals surface area contributed by atoms with Crippen molar-refractivity contribution >= 4 is 44.8 Å². The van der Waals surface area contributed by atoms with Gasteiger partial charge in [0.1, 0.15) is 22.5 Å². The lowest BCUT2D eigenvalue weighted by Gasteiger charge is -2.11. The summed E-state index contributed by atoms with van der Waals surface area (Å²) in [5.74, 6) is 1.13. The van der Waals surface area contributed by atoms with Crippen molar-refractivity contribution in [2.24, 2.45) is 0 Å². The van der Waals surface area contributed by atoms with Gasteiger partial charge in [0.15, 0.2) is 11.3 Å². The summed E-state index contributed by atoms with van der Waals surface area (Å²) in [4.78, 5) is 28.0. The van der Waals surface area contributed by atoms with E-state index in [1.54, 1.807) is 37.8 Å². The van der Waals surface area contributed by atoms with Gasteiger partial charge in [-0.05, 0) is 37.3 Å². The van der Waals surface area contributed by atoms with Crippen molar-refractivity contribution in [2.45, 2.75) is 13.5 Å². The molecule has 5 aromatic rings. The number of fused-ring (bicyclic) bond motifs is 4. The van der Waals surface area contributed by atoms with Crippen LogP contribution in [0.25, 0.3) is 38.9 Å². The quantitative estimate of drug-likeness (QED) is 0.404. The molecular weight excluding hydrogens is 430 g/mol. The van der Waals surface area contributed by atoms with Gasteiger partial charge in [0.25, 0.3) is 5.56 Å². The second kappa shape index (κ2) is 7.89. The van der Waals surface area contributed by atoms with Crippen LogP contribution >= 0.6 is 11.6 Å². The molecule has 0 atom stereocenters. The van der Waals surface area contributed by atoms with Crippen molar-refractivity contribution in [3.63, 3.8) is 0 Å². The molecule has 0 amide bonds. The van der Waals surface area contributed by atoms with Gasteiger partial charge in [0.05, 0.1) is 42.0 Å². The Morgan fingerprint density at radius 1 is 1.00 bits per heavy atom. The van der Waals surface area contributed by atoms with Crippen LogP contribution in [0.1, 0.15) is 5.82 Å². The number of benzene rings is 2. The number of hydrogen-bond donors (Lipinski definition) is 0. The molecule has 0 radical (unpaired) electrons. The van der Waals surface area contributed by atoms with E-state index in [9.17, 15) is 4.79 Å². The topological polar surface area (TPSA) is 84.1 Å². The number of hydrogen-bond acceptors (Lipinski definition) is 6. The molecule has 9 heteroatoms. The number of nitrogens with zero attached hydrogens (tertiary/aromatic N) is 5. The Balaban J connectivity index is 1.94. The minimum Gasteiger partial charge on any atom is -0.495 e. The summed E-state index contributed by atoms with van der Waals surface area (Å²) in [5, 5.41) is 0.853. The summed E-state index contributed by atoms with van der Waals surface area (Å²) in [6, 6.07) is 13.0. The number of rotatable bonds is 5. The molecule has 0 fully saturated rings. The zero-order chi connectivity index (χ0) is 22.4. The third-order valence-corrected chi connectivity index (χ3v) is 5.76. The fourth-order valence-corrected chi connectivity index (χ4v) is 4.17. The van der Waals surface area contributed by atoms with Gasteiger partial charge in [-0.15, -0.1) is 0 Å². The lowest BCUT2D eigenvalue weighted by molar-refractivity contribution is 0.185. The molecule has 3 heterocycles. The lowest BCUT2D eigenvalue weighted by atomic mass is 10.3. The van der Waals surface area contributed by atoms with E-state index in [2.05, 4.69) is 0 Å². The minimum atomic E-state index is -0.183. The maximum absolute atomic E-state index is 13.6. The lowest BCUT2D eigenvalue weighted by Crippen LogP contribution is -2.25. The van der Waals surface area contributed by atoms with Gasteiger partial charge in [-0.1, -0.05) is 23.7 Å². The molecule has 32 heavy (non-hydrogen) atoms. The van der Waals surface area contributed by atoms with Crippen LogP contribution in [0, 0.1) is 6.92 Å². The third-order valence-electron chi connectivity index (χ3n) is 5.47. The van der Waals surface area contributed by atoms with Gasteiger partial charge in [-0.2, -0.15) is 0 Å². The van der Waals surface area contributed by atoms with Gasteiger partial charge >= 0.3 is 0 Å². The molecule has 0 unspecified atom stereocenters. The van der Waals surface area contributed by atoms with Gasteiger partial charge in [0.2, 0.25) is 0 Å². The van der Waals surface area contributed by atoms with Crippen LogP contribution in [0.2, 0.25) is 5.02 Å². The molecule has 0 saturated carbocycles. The summed E-state index contributed by atoms with van der Waals surface area (Å²) >= 11 is 6.41. The van der Waals surface area contributed by atoms with Gasteiger partial charge in [-0.25, -0.2) is 15.0 Å². The average molecular weight is 450 g/mol. The van der Waals surface area contributed by atoms with Gasteiger partial charge < -0.3 is 9.47 Å². The van der Waals surface area contributed by atoms with Crippen LogP contribution < -0.4 is 10.3 Å². The van der Waals surface area contributed by atoms with Crippen LogP contribution in [0.3, 0.4) is 0 Å². The number of para-hydroxylation sites is 2. The molecule has 0 spiro atoms. The van der Waals surface area contributed by atoms with E-state index in [4.69, 9.17) is 36.0 Å². The van der Waals surface area contributed by atoms with Gasteiger partial charge in [-0.3, -0.25) is 13.9 Å². The maximum atomic E-state index is 13.6.